The molecule has 0 aromatic rings. The number of rotatable bonds is 3. The van der Waals surface area contributed by atoms with Crippen molar-refractivity contribution in [3.05, 3.63) is 0 Å². The summed E-state index contributed by atoms with van der Waals surface area (Å²) in [6, 6.07) is 0. The lowest BCUT2D eigenvalue weighted by molar-refractivity contribution is -0.113. The van der Waals surface area contributed by atoms with E-state index in [0.717, 1.165) is 32.5 Å². The third-order valence-corrected chi connectivity index (χ3v) is 3.44. The summed E-state index contributed by atoms with van der Waals surface area (Å²) in [5.74, 6) is 0.518. The standard InChI is InChI=1S/C11H21NO3/c1-2-12-5-3-9(4-6-12)11-14-8-10(7-13)15-11/h9-11,13H,2-8H2,1H3. The predicted molar refractivity (Wildman–Crippen MR) is 56.5 cm³/mol. The summed E-state index contributed by atoms with van der Waals surface area (Å²) >= 11 is 0. The van der Waals surface area contributed by atoms with Gasteiger partial charge in [-0.15, -0.1) is 0 Å². The van der Waals surface area contributed by atoms with Gasteiger partial charge in [0.05, 0.1) is 13.2 Å². The monoisotopic (exact) mass is 215 g/mol. The number of hydrogen-bond acceptors (Lipinski definition) is 4. The number of ether oxygens (including phenoxy) is 2. The Morgan fingerprint density at radius 2 is 2.07 bits per heavy atom. The van der Waals surface area contributed by atoms with Crippen LogP contribution in [-0.2, 0) is 9.47 Å². The molecule has 4 heteroatoms. The van der Waals surface area contributed by atoms with Crippen LogP contribution in [0, 0.1) is 5.92 Å². The van der Waals surface area contributed by atoms with Crippen molar-refractivity contribution in [2.45, 2.75) is 32.2 Å². The minimum absolute atomic E-state index is 0.0684. The van der Waals surface area contributed by atoms with E-state index in [1.54, 1.807) is 0 Å². The minimum Gasteiger partial charge on any atom is -0.394 e. The van der Waals surface area contributed by atoms with Gasteiger partial charge in [-0.3, -0.25) is 0 Å². The molecule has 2 rings (SSSR count). The Morgan fingerprint density at radius 1 is 1.33 bits per heavy atom. The third kappa shape index (κ3) is 2.69. The Morgan fingerprint density at radius 3 is 2.60 bits per heavy atom. The van der Waals surface area contributed by atoms with Crippen molar-refractivity contribution in [2.24, 2.45) is 5.92 Å². The van der Waals surface area contributed by atoms with Gasteiger partial charge in [0.15, 0.2) is 6.29 Å². The zero-order chi connectivity index (χ0) is 10.7. The topological polar surface area (TPSA) is 41.9 Å². The molecule has 15 heavy (non-hydrogen) atoms. The minimum atomic E-state index is -0.0980. The van der Waals surface area contributed by atoms with Gasteiger partial charge in [-0.25, -0.2) is 0 Å². The fourth-order valence-electron chi connectivity index (χ4n) is 2.35. The first kappa shape index (κ1) is 11.3. The van der Waals surface area contributed by atoms with E-state index in [1.807, 2.05) is 0 Å². The number of aliphatic hydroxyl groups excluding tert-OH is 1. The van der Waals surface area contributed by atoms with Gasteiger partial charge in [0.2, 0.25) is 0 Å². The Kier molecular flexibility index (Phi) is 3.97. The number of piperidine rings is 1. The van der Waals surface area contributed by atoms with Gasteiger partial charge in [-0.2, -0.15) is 0 Å². The molecule has 2 atom stereocenters. The van der Waals surface area contributed by atoms with Crippen molar-refractivity contribution in [3.63, 3.8) is 0 Å². The van der Waals surface area contributed by atoms with Crippen LogP contribution in [0.4, 0.5) is 0 Å². The molecule has 2 saturated heterocycles. The predicted octanol–water partition coefficient (Wildman–Crippen LogP) is 0.452. The zero-order valence-electron chi connectivity index (χ0n) is 9.39. The summed E-state index contributed by atoms with van der Waals surface area (Å²) in [7, 11) is 0. The lowest BCUT2D eigenvalue weighted by atomic mass is 9.96. The number of likely N-dealkylation sites (tertiary alicyclic amines) is 1. The van der Waals surface area contributed by atoms with E-state index in [9.17, 15) is 0 Å². The lowest BCUT2D eigenvalue weighted by Gasteiger charge is -2.33. The van der Waals surface area contributed by atoms with Crippen LogP contribution in [0.3, 0.4) is 0 Å². The van der Waals surface area contributed by atoms with E-state index >= 15 is 0 Å². The molecule has 0 radical (unpaired) electrons. The van der Waals surface area contributed by atoms with E-state index in [2.05, 4.69) is 11.8 Å². The molecule has 2 aliphatic rings. The molecule has 2 unspecified atom stereocenters. The molecule has 0 aliphatic carbocycles. The van der Waals surface area contributed by atoms with Crippen LogP contribution in [0.2, 0.25) is 0 Å². The van der Waals surface area contributed by atoms with Gasteiger partial charge in [0.25, 0.3) is 0 Å². The fraction of sp³-hybridized carbons (Fsp3) is 1.00. The van der Waals surface area contributed by atoms with E-state index in [-0.39, 0.29) is 19.0 Å². The average molecular weight is 215 g/mol. The average Bonchev–Trinajstić information content (AvgIpc) is 2.78. The van der Waals surface area contributed by atoms with Crippen LogP contribution in [0.1, 0.15) is 19.8 Å². The normalized spacial score (nSPS) is 34.8. The van der Waals surface area contributed by atoms with Gasteiger partial charge >= 0.3 is 0 Å². The van der Waals surface area contributed by atoms with Gasteiger partial charge in [0.1, 0.15) is 6.10 Å². The van der Waals surface area contributed by atoms with E-state index < -0.39 is 0 Å². The van der Waals surface area contributed by atoms with Crippen molar-refractivity contribution >= 4 is 0 Å². The van der Waals surface area contributed by atoms with Crippen LogP contribution < -0.4 is 0 Å². The van der Waals surface area contributed by atoms with Gasteiger partial charge in [-0.1, -0.05) is 6.92 Å². The summed E-state index contributed by atoms with van der Waals surface area (Å²) in [5.41, 5.74) is 0. The largest absolute Gasteiger partial charge is 0.394 e. The van der Waals surface area contributed by atoms with Gasteiger partial charge in [0, 0.05) is 5.92 Å². The highest BCUT2D eigenvalue weighted by Crippen LogP contribution is 2.27. The Hall–Kier alpha value is -0.160. The molecule has 1 N–H and O–H groups in total. The van der Waals surface area contributed by atoms with Crippen molar-refractivity contribution in [1.29, 1.82) is 0 Å². The molecule has 88 valence electrons. The maximum Gasteiger partial charge on any atom is 0.161 e. The maximum atomic E-state index is 8.95. The molecule has 0 bridgehead atoms. The van der Waals surface area contributed by atoms with E-state index in [1.165, 1.54) is 0 Å². The summed E-state index contributed by atoms with van der Waals surface area (Å²) in [6.45, 7) is 6.25. The van der Waals surface area contributed by atoms with Crippen LogP contribution >= 0.6 is 0 Å². The molecule has 0 amide bonds. The molecule has 2 aliphatic heterocycles. The molecular formula is C11H21NO3. The number of nitrogens with zero attached hydrogens (tertiary/aromatic N) is 1. The van der Waals surface area contributed by atoms with Crippen molar-refractivity contribution in [1.82, 2.24) is 4.90 Å². The SMILES string of the molecule is CCN1CCC(C2OCC(CO)O2)CC1. The Labute approximate surface area is 91.2 Å². The first-order valence-corrected chi connectivity index (χ1v) is 5.93. The lowest BCUT2D eigenvalue weighted by Crippen LogP contribution is -2.38. The highest BCUT2D eigenvalue weighted by atomic mass is 16.7. The van der Waals surface area contributed by atoms with Gasteiger partial charge < -0.3 is 19.5 Å². The molecule has 0 spiro atoms. The smallest absolute Gasteiger partial charge is 0.161 e. The molecule has 4 nitrogen and oxygen atoms in total. The first-order valence-electron chi connectivity index (χ1n) is 5.93. The fourth-order valence-corrected chi connectivity index (χ4v) is 2.35. The van der Waals surface area contributed by atoms with Crippen molar-refractivity contribution in [2.75, 3.05) is 32.8 Å². The summed E-state index contributed by atoms with van der Waals surface area (Å²) in [6.07, 6.45) is 2.13. The van der Waals surface area contributed by atoms with Crippen molar-refractivity contribution in [3.8, 4) is 0 Å². The second-order valence-corrected chi connectivity index (χ2v) is 4.41. The van der Waals surface area contributed by atoms with E-state index in [0.29, 0.717) is 12.5 Å². The Bertz CT molecular complexity index is 192. The number of hydrogen-bond donors (Lipinski definition) is 1. The third-order valence-electron chi connectivity index (χ3n) is 3.44. The molecule has 2 fully saturated rings. The van der Waals surface area contributed by atoms with Crippen LogP contribution in [-0.4, -0.2) is 55.2 Å². The van der Waals surface area contributed by atoms with E-state index in [4.69, 9.17) is 14.6 Å². The molecule has 0 aromatic carbocycles. The Balaban J connectivity index is 1.76. The van der Waals surface area contributed by atoms with Crippen molar-refractivity contribution < 1.29 is 14.6 Å². The van der Waals surface area contributed by atoms with Crippen LogP contribution in [0.5, 0.6) is 0 Å². The molecule has 0 aromatic heterocycles. The summed E-state index contributed by atoms with van der Waals surface area (Å²) in [4.78, 5) is 2.45. The highest BCUT2D eigenvalue weighted by Gasteiger charge is 2.33. The zero-order valence-corrected chi connectivity index (χ0v) is 9.39. The molecular weight excluding hydrogens is 194 g/mol. The van der Waals surface area contributed by atoms with Gasteiger partial charge in [-0.05, 0) is 32.5 Å². The maximum absolute atomic E-state index is 8.95. The quantitative estimate of drug-likeness (QED) is 0.742. The first-order chi connectivity index (χ1) is 7.33. The second-order valence-electron chi connectivity index (χ2n) is 4.41. The van der Waals surface area contributed by atoms with Crippen LogP contribution in [0.25, 0.3) is 0 Å². The second kappa shape index (κ2) is 5.25. The molecule has 0 saturated carbocycles. The highest BCUT2D eigenvalue weighted by molar-refractivity contribution is 4.77. The van der Waals surface area contributed by atoms with Crippen LogP contribution in [0.15, 0.2) is 0 Å². The molecule has 2 heterocycles. The summed E-state index contributed by atoms with van der Waals surface area (Å²) in [5, 5.41) is 8.95. The number of aliphatic hydroxyl groups is 1. The summed E-state index contributed by atoms with van der Waals surface area (Å²) < 4.78 is 11.2.